The number of rotatable bonds is 5. The van der Waals surface area contributed by atoms with E-state index in [2.05, 4.69) is 49.3 Å². The van der Waals surface area contributed by atoms with Crippen molar-refractivity contribution in [3.8, 4) is 0 Å². The monoisotopic (exact) mass is 431 g/mol. The lowest BCUT2D eigenvalue weighted by Gasteiger charge is -2.46. The van der Waals surface area contributed by atoms with Crippen molar-refractivity contribution in [2.24, 2.45) is 5.41 Å². The highest BCUT2D eigenvalue weighted by molar-refractivity contribution is 5.38. The van der Waals surface area contributed by atoms with Gasteiger partial charge < -0.3 is 15.5 Å². The Labute approximate surface area is 190 Å². The van der Waals surface area contributed by atoms with Crippen LogP contribution in [-0.4, -0.2) is 44.7 Å². The smallest absolute Gasteiger partial charge is 0.123 e. The second-order valence-corrected chi connectivity index (χ2v) is 10.8. The summed E-state index contributed by atoms with van der Waals surface area (Å²) in [6, 6.07) is 5.95. The Morgan fingerprint density at radius 3 is 2.45 bits per heavy atom. The van der Waals surface area contributed by atoms with Gasteiger partial charge in [0, 0.05) is 18.8 Å². The summed E-state index contributed by atoms with van der Waals surface area (Å²) in [7, 11) is 3.87. The minimum Gasteiger partial charge on any atom is -0.392 e. The van der Waals surface area contributed by atoms with Gasteiger partial charge in [-0.2, -0.15) is 0 Å². The molecule has 1 heterocycles. The van der Waals surface area contributed by atoms with Gasteiger partial charge in [-0.1, -0.05) is 26.8 Å². The molecule has 3 rings (SSSR count). The predicted octanol–water partition coefficient (Wildman–Crippen LogP) is 5.65. The van der Waals surface area contributed by atoms with Gasteiger partial charge >= 0.3 is 0 Å². The average molecular weight is 432 g/mol. The molecule has 4 heteroatoms. The van der Waals surface area contributed by atoms with Crippen molar-refractivity contribution in [3.05, 3.63) is 46.9 Å². The maximum atomic E-state index is 13.8. The minimum absolute atomic E-state index is 0.0600. The molecule has 176 valence electrons. The third-order valence-corrected chi connectivity index (χ3v) is 7.09. The molecule has 1 atom stereocenters. The molecule has 31 heavy (non-hydrogen) atoms. The molecule has 0 radical (unpaired) electrons. The van der Waals surface area contributed by atoms with Gasteiger partial charge in [-0.3, -0.25) is 0 Å². The second-order valence-electron chi connectivity index (χ2n) is 10.8. The fourth-order valence-corrected chi connectivity index (χ4v) is 4.77. The highest BCUT2D eigenvalue weighted by Crippen LogP contribution is 2.45. The standard InChI is InChI=1S/C20H30FN.C7H16N2/c1-19(2,3)9-12-22-13-10-20(11-14-22)8-4-5-16-6-7-17(21)15-18(16)20;1-6(8-3)5-7(2)9-4/h6-7,15H,4-5,8-14H2,1-3H3;5-6,8-9H,1-4H3/b;7-5-. The molecule has 0 aromatic heterocycles. The Balaban J connectivity index is 0.000000323. The number of benzene rings is 1. The van der Waals surface area contributed by atoms with Crippen LogP contribution in [0.3, 0.4) is 0 Å². The van der Waals surface area contributed by atoms with Crippen LogP contribution in [0.25, 0.3) is 0 Å². The number of piperidine rings is 1. The first kappa shape index (κ1) is 25.9. The molecule has 1 fully saturated rings. The number of nitrogens with one attached hydrogen (secondary N) is 2. The molecule has 1 unspecified atom stereocenters. The topological polar surface area (TPSA) is 27.3 Å². The average Bonchev–Trinajstić information content (AvgIpc) is 2.74. The molecule has 0 amide bonds. The van der Waals surface area contributed by atoms with E-state index in [-0.39, 0.29) is 11.2 Å². The van der Waals surface area contributed by atoms with Gasteiger partial charge in [0.1, 0.15) is 5.82 Å². The fourth-order valence-electron chi connectivity index (χ4n) is 4.77. The summed E-state index contributed by atoms with van der Waals surface area (Å²) >= 11 is 0. The predicted molar refractivity (Wildman–Crippen MR) is 132 cm³/mol. The van der Waals surface area contributed by atoms with E-state index in [0.29, 0.717) is 11.5 Å². The summed E-state index contributed by atoms with van der Waals surface area (Å²) in [5, 5.41) is 6.16. The Bertz CT molecular complexity index is 712. The maximum absolute atomic E-state index is 13.8. The van der Waals surface area contributed by atoms with Crippen LogP contribution in [-0.2, 0) is 11.8 Å². The van der Waals surface area contributed by atoms with Crippen LogP contribution >= 0.6 is 0 Å². The van der Waals surface area contributed by atoms with Crippen LogP contribution in [0.1, 0.15) is 77.8 Å². The van der Waals surface area contributed by atoms with Crippen molar-refractivity contribution < 1.29 is 4.39 Å². The van der Waals surface area contributed by atoms with E-state index in [9.17, 15) is 4.39 Å². The molecule has 3 nitrogen and oxygen atoms in total. The van der Waals surface area contributed by atoms with E-state index >= 15 is 0 Å². The van der Waals surface area contributed by atoms with E-state index in [1.165, 1.54) is 68.6 Å². The molecule has 0 bridgehead atoms. The molecular formula is C27H46FN3. The molecule has 0 saturated carbocycles. The van der Waals surface area contributed by atoms with Crippen LogP contribution in [0.4, 0.5) is 4.39 Å². The van der Waals surface area contributed by atoms with E-state index in [1.54, 1.807) is 6.07 Å². The number of allylic oxidation sites excluding steroid dienone is 1. The van der Waals surface area contributed by atoms with Gasteiger partial charge in [0.05, 0.1) is 0 Å². The van der Waals surface area contributed by atoms with E-state index in [1.807, 2.05) is 33.2 Å². The molecule has 1 aliphatic heterocycles. The lowest BCUT2D eigenvalue weighted by atomic mass is 9.65. The number of halogens is 1. The Morgan fingerprint density at radius 2 is 1.87 bits per heavy atom. The number of hydrogen-bond acceptors (Lipinski definition) is 3. The van der Waals surface area contributed by atoms with E-state index in [4.69, 9.17) is 0 Å². The molecule has 1 aromatic rings. The summed E-state index contributed by atoms with van der Waals surface area (Å²) in [6.07, 6.45) is 9.44. The number of aryl methyl sites for hydroxylation is 1. The van der Waals surface area contributed by atoms with Gasteiger partial charge in [-0.05, 0) is 119 Å². The molecule has 1 aromatic carbocycles. The quantitative estimate of drug-likeness (QED) is 0.631. The molecule has 1 spiro atoms. The van der Waals surface area contributed by atoms with E-state index < -0.39 is 0 Å². The number of fused-ring (bicyclic) bond motifs is 2. The number of likely N-dealkylation sites (tertiary alicyclic amines) is 1. The van der Waals surface area contributed by atoms with Crippen LogP contribution < -0.4 is 10.6 Å². The lowest BCUT2D eigenvalue weighted by Crippen LogP contribution is -2.45. The number of nitrogens with zero attached hydrogens (tertiary/aromatic N) is 1. The zero-order valence-electron chi connectivity index (χ0n) is 21.1. The Kier molecular flexibility index (Phi) is 9.57. The van der Waals surface area contributed by atoms with Crippen molar-refractivity contribution in [1.82, 2.24) is 15.5 Å². The van der Waals surface area contributed by atoms with Crippen molar-refractivity contribution >= 4 is 0 Å². The van der Waals surface area contributed by atoms with Crippen LogP contribution in [0.15, 0.2) is 30.0 Å². The van der Waals surface area contributed by atoms with Crippen molar-refractivity contribution in [3.63, 3.8) is 0 Å². The Hall–Kier alpha value is -1.39. The highest BCUT2D eigenvalue weighted by atomic mass is 19.1. The zero-order chi connectivity index (χ0) is 23.1. The third-order valence-electron chi connectivity index (χ3n) is 7.09. The highest BCUT2D eigenvalue weighted by Gasteiger charge is 2.39. The van der Waals surface area contributed by atoms with Crippen molar-refractivity contribution in [2.45, 2.75) is 84.6 Å². The van der Waals surface area contributed by atoms with Gasteiger partial charge in [-0.25, -0.2) is 4.39 Å². The second kappa shape index (κ2) is 11.5. The molecule has 2 aliphatic rings. The summed E-state index contributed by atoms with van der Waals surface area (Å²) in [4.78, 5) is 2.62. The summed E-state index contributed by atoms with van der Waals surface area (Å²) in [6.45, 7) is 14.7. The largest absolute Gasteiger partial charge is 0.392 e. The molecule has 1 aliphatic carbocycles. The minimum atomic E-state index is -0.0600. The molecule has 1 saturated heterocycles. The normalized spacial score (nSPS) is 19.9. The Morgan fingerprint density at radius 1 is 1.19 bits per heavy atom. The first-order chi connectivity index (χ1) is 14.6. The number of hydrogen-bond donors (Lipinski definition) is 2. The van der Waals surface area contributed by atoms with Gasteiger partial charge in [-0.15, -0.1) is 0 Å². The first-order valence-electron chi connectivity index (χ1n) is 12.1. The van der Waals surface area contributed by atoms with Gasteiger partial charge in [0.2, 0.25) is 0 Å². The van der Waals surface area contributed by atoms with Gasteiger partial charge in [0.15, 0.2) is 0 Å². The van der Waals surface area contributed by atoms with Gasteiger partial charge in [0.25, 0.3) is 0 Å². The fraction of sp³-hybridized carbons (Fsp3) is 0.704. The summed E-state index contributed by atoms with van der Waals surface area (Å²) in [5.74, 6) is -0.0600. The molecular weight excluding hydrogens is 385 g/mol. The SMILES string of the molecule is CC(C)(C)CCN1CCC2(CCCc3ccc(F)cc32)CC1.CN/C(C)=C\C(C)NC. The zero-order valence-corrected chi connectivity index (χ0v) is 21.1. The van der Waals surface area contributed by atoms with Crippen molar-refractivity contribution in [1.29, 1.82) is 0 Å². The molecule has 2 N–H and O–H groups in total. The summed E-state index contributed by atoms with van der Waals surface area (Å²) < 4.78 is 13.8. The van der Waals surface area contributed by atoms with E-state index in [0.717, 1.165) is 6.42 Å². The van der Waals surface area contributed by atoms with Crippen molar-refractivity contribution in [2.75, 3.05) is 33.7 Å². The summed E-state index contributed by atoms with van der Waals surface area (Å²) in [5.41, 5.74) is 4.60. The van der Waals surface area contributed by atoms with Crippen LogP contribution in [0.5, 0.6) is 0 Å². The maximum Gasteiger partial charge on any atom is 0.123 e. The first-order valence-corrected chi connectivity index (χ1v) is 12.1. The number of likely N-dealkylation sites (N-methyl/N-ethyl adjacent to an activating group) is 1. The van der Waals surface area contributed by atoms with Crippen LogP contribution in [0.2, 0.25) is 0 Å². The lowest BCUT2D eigenvalue weighted by molar-refractivity contribution is 0.131. The third kappa shape index (κ3) is 7.91. The van der Waals surface area contributed by atoms with Crippen LogP contribution in [0, 0.1) is 11.2 Å².